The third-order valence-electron chi connectivity index (χ3n) is 4.78. The highest BCUT2D eigenvalue weighted by molar-refractivity contribution is 5.94. The van der Waals surface area contributed by atoms with E-state index in [2.05, 4.69) is 29.1 Å². The highest BCUT2D eigenvalue weighted by atomic mass is 16.5. The number of carbonyl (C=O) groups excluding carboxylic acids is 2. The third-order valence-corrected chi connectivity index (χ3v) is 4.78. The first-order valence-corrected chi connectivity index (χ1v) is 9.63. The molecule has 0 fully saturated rings. The van der Waals surface area contributed by atoms with Gasteiger partial charge in [0, 0.05) is 6.54 Å². The van der Waals surface area contributed by atoms with E-state index in [9.17, 15) is 9.59 Å². The Balaban J connectivity index is 1.88. The molecule has 2 rings (SSSR count). The largest absolute Gasteiger partial charge is 0.452 e. The maximum absolute atomic E-state index is 12.2. The monoisotopic (exact) mass is 371 g/mol. The van der Waals surface area contributed by atoms with Crippen LogP contribution in [0.2, 0.25) is 0 Å². The number of rotatable bonds is 9. The first kappa shape index (κ1) is 20.8. The van der Waals surface area contributed by atoms with Crippen molar-refractivity contribution >= 4 is 22.9 Å². The number of fused-ring (bicyclic) bond motifs is 1. The van der Waals surface area contributed by atoms with Crippen LogP contribution in [0.25, 0.3) is 11.0 Å². The molecule has 1 aromatic heterocycles. The van der Waals surface area contributed by atoms with Crippen molar-refractivity contribution in [2.75, 3.05) is 13.2 Å². The van der Waals surface area contributed by atoms with Crippen LogP contribution in [0, 0.1) is 19.8 Å². The van der Waals surface area contributed by atoms with Crippen molar-refractivity contribution in [1.82, 2.24) is 15.3 Å². The van der Waals surface area contributed by atoms with E-state index < -0.39 is 5.97 Å². The van der Waals surface area contributed by atoms with Crippen molar-refractivity contribution < 1.29 is 14.3 Å². The second-order valence-electron chi connectivity index (χ2n) is 6.89. The number of ether oxygens (including phenoxy) is 1. The number of aromatic nitrogens is 2. The van der Waals surface area contributed by atoms with Gasteiger partial charge in [0.2, 0.25) is 0 Å². The predicted molar refractivity (Wildman–Crippen MR) is 106 cm³/mol. The van der Waals surface area contributed by atoms with Crippen molar-refractivity contribution in [3.05, 3.63) is 35.2 Å². The summed E-state index contributed by atoms with van der Waals surface area (Å²) in [5.41, 5.74) is 3.41. The summed E-state index contributed by atoms with van der Waals surface area (Å²) in [5, 5.41) is 2.85. The van der Waals surface area contributed by atoms with E-state index in [1.165, 1.54) is 0 Å². The van der Waals surface area contributed by atoms with Crippen molar-refractivity contribution in [3.8, 4) is 0 Å². The Kier molecular flexibility index (Phi) is 7.70. The molecule has 1 aromatic carbocycles. The van der Waals surface area contributed by atoms with Crippen molar-refractivity contribution in [1.29, 1.82) is 0 Å². The lowest BCUT2D eigenvalue weighted by Crippen LogP contribution is -2.32. The van der Waals surface area contributed by atoms with E-state index in [0.717, 1.165) is 42.6 Å². The Hall–Kier alpha value is -2.50. The van der Waals surface area contributed by atoms with Crippen LogP contribution in [0.4, 0.5) is 0 Å². The van der Waals surface area contributed by atoms with Gasteiger partial charge in [-0.1, -0.05) is 33.1 Å². The van der Waals surface area contributed by atoms with Gasteiger partial charge >= 0.3 is 5.97 Å². The second-order valence-corrected chi connectivity index (χ2v) is 6.89. The minimum atomic E-state index is -0.537. The lowest BCUT2D eigenvalue weighted by Gasteiger charge is -2.15. The number of unbranched alkanes of at least 4 members (excludes halogenated alkanes) is 1. The van der Waals surface area contributed by atoms with E-state index in [-0.39, 0.29) is 12.5 Å². The molecule has 1 heterocycles. The number of esters is 1. The first-order valence-electron chi connectivity index (χ1n) is 9.63. The SMILES string of the molecule is CCCC[C@@H](CC)CNC(=O)COC(=O)c1ccc2nc(C)c(C)nc2c1. The molecule has 0 unspecified atom stereocenters. The lowest BCUT2D eigenvalue weighted by molar-refractivity contribution is -0.124. The number of amides is 1. The zero-order valence-electron chi connectivity index (χ0n) is 16.7. The van der Waals surface area contributed by atoms with Gasteiger partial charge in [0.1, 0.15) is 0 Å². The van der Waals surface area contributed by atoms with Gasteiger partial charge in [-0.25, -0.2) is 14.8 Å². The molecular weight excluding hydrogens is 342 g/mol. The van der Waals surface area contributed by atoms with Gasteiger partial charge < -0.3 is 10.1 Å². The molecule has 1 amide bonds. The quantitative estimate of drug-likeness (QED) is 0.679. The molecule has 0 aliphatic rings. The maximum Gasteiger partial charge on any atom is 0.338 e. The fourth-order valence-corrected chi connectivity index (χ4v) is 2.82. The van der Waals surface area contributed by atoms with Crippen LogP contribution in [0.15, 0.2) is 18.2 Å². The predicted octanol–water partition coefficient (Wildman–Crippen LogP) is 3.74. The van der Waals surface area contributed by atoms with E-state index in [4.69, 9.17) is 4.74 Å². The summed E-state index contributed by atoms with van der Waals surface area (Å²) in [6.45, 7) is 8.40. The summed E-state index contributed by atoms with van der Waals surface area (Å²) in [5.74, 6) is -0.342. The Labute approximate surface area is 160 Å². The molecule has 0 radical (unpaired) electrons. The van der Waals surface area contributed by atoms with Crippen molar-refractivity contribution in [3.63, 3.8) is 0 Å². The molecular formula is C21H29N3O3. The summed E-state index contributed by atoms with van der Waals surface area (Å²) < 4.78 is 5.14. The number of hydrogen-bond acceptors (Lipinski definition) is 5. The van der Waals surface area contributed by atoms with Gasteiger partial charge in [-0.05, 0) is 44.4 Å². The van der Waals surface area contributed by atoms with Crippen LogP contribution in [0.1, 0.15) is 61.3 Å². The molecule has 0 bridgehead atoms. The number of nitrogens with zero attached hydrogens (tertiary/aromatic N) is 2. The minimum Gasteiger partial charge on any atom is -0.452 e. The highest BCUT2D eigenvalue weighted by Gasteiger charge is 2.13. The number of carbonyl (C=O) groups is 2. The number of benzene rings is 1. The molecule has 2 aromatic rings. The van der Waals surface area contributed by atoms with Crippen LogP contribution in [-0.2, 0) is 9.53 Å². The molecule has 146 valence electrons. The molecule has 0 aliphatic carbocycles. The molecule has 0 aliphatic heterocycles. The Morgan fingerprint density at radius 3 is 2.48 bits per heavy atom. The standard InChI is InChI=1S/C21H29N3O3/c1-5-7-8-16(6-2)12-22-20(25)13-27-21(26)17-9-10-18-19(11-17)24-15(4)14(3)23-18/h9-11,16H,5-8,12-13H2,1-4H3,(H,22,25)/t16-/m1/s1. The van der Waals surface area contributed by atoms with Gasteiger partial charge in [-0.15, -0.1) is 0 Å². The summed E-state index contributed by atoms with van der Waals surface area (Å²) in [6.07, 6.45) is 4.44. The lowest BCUT2D eigenvalue weighted by atomic mass is 9.99. The van der Waals surface area contributed by atoms with E-state index >= 15 is 0 Å². The van der Waals surface area contributed by atoms with Gasteiger partial charge in [-0.2, -0.15) is 0 Å². The molecule has 6 nitrogen and oxygen atoms in total. The summed E-state index contributed by atoms with van der Waals surface area (Å²) >= 11 is 0. The molecule has 0 saturated carbocycles. The maximum atomic E-state index is 12.2. The molecule has 0 saturated heterocycles. The summed E-state index contributed by atoms with van der Waals surface area (Å²) in [4.78, 5) is 33.1. The van der Waals surface area contributed by atoms with Crippen LogP contribution in [-0.4, -0.2) is 35.0 Å². The summed E-state index contributed by atoms with van der Waals surface area (Å²) in [7, 11) is 0. The average molecular weight is 371 g/mol. The van der Waals surface area contributed by atoms with Gasteiger partial charge in [0.15, 0.2) is 6.61 Å². The first-order chi connectivity index (χ1) is 12.9. The molecule has 6 heteroatoms. The Morgan fingerprint density at radius 1 is 1.11 bits per heavy atom. The van der Waals surface area contributed by atoms with E-state index in [0.29, 0.717) is 23.5 Å². The van der Waals surface area contributed by atoms with Crippen LogP contribution < -0.4 is 5.32 Å². The molecule has 1 N–H and O–H groups in total. The number of hydrogen-bond donors (Lipinski definition) is 1. The topological polar surface area (TPSA) is 81.2 Å². The Morgan fingerprint density at radius 2 is 1.81 bits per heavy atom. The van der Waals surface area contributed by atoms with Crippen LogP contribution in [0.3, 0.4) is 0 Å². The zero-order chi connectivity index (χ0) is 19.8. The Bertz CT molecular complexity index is 805. The zero-order valence-corrected chi connectivity index (χ0v) is 16.7. The summed E-state index contributed by atoms with van der Waals surface area (Å²) in [6, 6.07) is 5.03. The smallest absolute Gasteiger partial charge is 0.338 e. The molecule has 1 atom stereocenters. The fraction of sp³-hybridized carbons (Fsp3) is 0.524. The minimum absolute atomic E-state index is 0.273. The average Bonchev–Trinajstić information content (AvgIpc) is 2.66. The third kappa shape index (κ3) is 6.01. The van der Waals surface area contributed by atoms with Gasteiger partial charge in [0.25, 0.3) is 5.91 Å². The number of aryl methyl sites for hydroxylation is 2. The van der Waals surface area contributed by atoms with Gasteiger partial charge in [-0.3, -0.25) is 4.79 Å². The second kappa shape index (κ2) is 10.00. The highest BCUT2D eigenvalue weighted by Crippen LogP contribution is 2.15. The van der Waals surface area contributed by atoms with E-state index in [1.54, 1.807) is 18.2 Å². The molecule has 27 heavy (non-hydrogen) atoms. The van der Waals surface area contributed by atoms with Gasteiger partial charge in [0.05, 0.1) is 28.0 Å². The normalized spacial score (nSPS) is 12.0. The van der Waals surface area contributed by atoms with Crippen molar-refractivity contribution in [2.24, 2.45) is 5.92 Å². The van der Waals surface area contributed by atoms with Crippen LogP contribution in [0.5, 0.6) is 0 Å². The number of nitrogens with one attached hydrogen (secondary N) is 1. The van der Waals surface area contributed by atoms with E-state index in [1.807, 2.05) is 13.8 Å². The van der Waals surface area contributed by atoms with Crippen molar-refractivity contribution in [2.45, 2.75) is 53.4 Å². The molecule has 0 spiro atoms. The van der Waals surface area contributed by atoms with Crippen LogP contribution >= 0.6 is 0 Å². The fourth-order valence-electron chi connectivity index (χ4n) is 2.82.